The van der Waals surface area contributed by atoms with E-state index in [0.29, 0.717) is 0 Å². The lowest BCUT2D eigenvalue weighted by molar-refractivity contribution is 0.480. The molecule has 0 radical (unpaired) electrons. The van der Waals surface area contributed by atoms with Crippen LogP contribution in [0.5, 0.6) is 17.2 Å². The molecule has 0 unspecified atom stereocenters. The number of para-hydroxylation sites is 6. The molecule has 0 saturated carbocycles. The van der Waals surface area contributed by atoms with E-state index < -0.39 is 0 Å². The fraction of sp³-hybridized carbons (Fsp3) is 0. The van der Waals surface area contributed by atoms with E-state index in [1.165, 1.54) is 59.9 Å². The molecule has 272 valence electrons. The maximum absolute atomic E-state index is 7.07. The molecule has 0 bridgehead atoms. The summed E-state index contributed by atoms with van der Waals surface area (Å²) in [7, 11) is 0. The van der Waals surface area contributed by atoms with Gasteiger partial charge in [0.2, 0.25) is 0 Å². The van der Waals surface area contributed by atoms with Crippen molar-refractivity contribution in [2.24, 2.45) is 0 Å². The van der Waals surface area contributed by atoms with Crippen LogP contribution in [0.1, 0.15) is 0 Å². The maximum atomic E-state index is 7.07. The molecule has 2 aliphatic heterocycles. The number of aromatic nitrogens is 2. The second kappa shape index (κ2) is 11.4. The van der Waals surface area contributed by atoms with Crippen LogP contribution in [-0.2, 0) is 0 Å². The molecule has 5 heteroatoms. The molecule has 12 aromatic rings. The van der Waals surface area contributed by atoms with Gasteiger partial charge < -0.3 is 18.4 Å². The molecule has 3 aromatic heterocycles. The van der Waals surface area contributed by atoms with Gasteiger partial charge in [0.25, 0.3) is 0 Å². The fourth-order valence-corrected chi connectivity index (χ4v) is 10.4. The Morgan fingerprint density at radius 2 is 0.983 bits per heavy atom. The Bertz CT molecular complexity index is 3710. The first kappa shape index (κ1) is 31.3. The number of rotatable bonds is 3. The third-order valence-corrected chi connectivity index (χ3v) is 12.9. The van der Waals surface area contributed by atoms with Crippen molar-refractivity contribution in [2.75, 3.05) is 0 Å². The van der Waals surface area contributed by atoms with Gasteiger partial charge in [-0.15, -0.1) is 0 Å². The summed E-state index contributed by atoms with van der Waals surface area (Å²) in [5.41, 5.74) is 16.1. The number of hydrogen-bond acceptors (Lipinski definition) is 2. The van der Waals surface area contributed by atoms with Gasteiger partial charge in [0, 0.05) is 54.4 Å². The van der Waals surface area contributed by atoms with Crippen LogP contribution >= 0.6 is 0 Å². The van der Waals surface area contributed by atoms with Crippen molar-refractivity contribution in [1.82, 2.24) is 8.97 Å². The average Bonchev–Trinajstić information content (AvgIpc) is 3.94. The largest absolute Gasteiger partial charge is 0.551 e. The van der Waals surface area contributed by atoms with E-state index in [1.807, 2.05) is 0 Å². The maximum Gasteiger partial charge on any atom is 0.434 e. The first-order valence-electron chi connectivity index (χ1n) is 20.3. The number of fused-ring (bicyclic) bond motifs is 13. The van der Waals surface area contributed by atoms with Gasteiger partial charge in [-0.3, -0.25) is 0 Å². The predicted octanol–water partition coefficient (Wildman–Crippen LogP) is 12.5. The Labute approximate surface area is 339 Å². The lowest BCUT2D eigenvalue weighted by Crippen LogP contribution is -2.53. The molecule has 0 N–H and O–H groups in total. The summed E-state index contributed by atoms with van der Waals surface area (Å²) in [5, 5.41) is 7.59. The third kappa shape index (κ3) is 4.18. The SMILES string of the molecule is c1ccc2c(c1)OB1c3ccc(-c4ccccc4-n4c5ccccc5c5ccccc54)cc3Oc3cc(-c4ccc5c(c4)c4cccc6c7ccccc7n5c64)cc-2c31. The minimum Gasteiger partial charge on any atom is -0.551 e. The van der Waals surface area contributed by atoms with Crippen molar-refractivity contribution in [2.45, 2.75) is 0 Å². The Kier molecular flexibility index (Phi) is 6.07. The normalized spacial score (nSPS) is 13.0. The van der Waals surface area contributed by atoms with Gasteiger partial charge in [-0.1, -0.05) is 127 Å². The monoisotopic (exact) mass is 750 g/mol. The van der Waals surface area contributed by atoms with Crippen molar-refractivity contribution in [3.8, 4) is 56.3 Å². The molecule has 0 saturated heterocycles. The van der Waals surface area contributed by atoms with Crippen molar-refractivity contribution >= 4 is 77.7 Å². The van der Waals surface area contributed by atoms with Gasteiger partial charge in [0.1, 0.15) is 17.2 Å². The predicted molar refractivity (Wildman–Crippen MR) is 244 cm³/mol. The van der Waals surface area contributed by atoms with Crippen LogP contribution in [-0.4, -0.2) is 15.9 Å². The molecule has 0 fully saturated rings. The lowest BCUT2D eigenvalue weighted by atomic mass is 9.50. The van der Waals surface area contributed by atoms with E-state index in [9.17, 15) is 0 Å². The highest BCUT2D eigenvalue weighted by molar-refractivity contribution is 6.84. The summed E-state index contributed by atoms with van der Waals surface area (Å²) in [4.78, 5) is 0. The quantitative estimate of drug-likeness (QED) is 0.168. The summed E-state index contributed by atoms with van der Waals surface area (Å²) in [5.74, 6) is 2.53. The van der Waals surface area contributed by atoms with Gasteiger partial charge >= 0.3 is 6.92 Å². The van der Waals surface area contributed by atoms with Crippen LogP contribution in [0.4, 0.5) is 0 Å². The second-order valence-electron chi connectivity index (χ2n) is 16.0. The van der Waals surface area contributed by atoms with Crippen LogP contribution in [0.15, 0.2) is 188 Å². The summed E-state index contributed by atoms with van der Waals surface area (Å²) in [6.07, 6.45) is 0. The first-order valence-corrected chi connectivity index (χ1v) is 20.3. The molecular weight excluding hydrogens is 719 g/mol. The standard InChI is InChI=1S/C54H31BN2O2/c1-6-19-45(56-46-20-7-2-13-36(46)37-14-3-8-21-47(37)56)35(12-1)33-24-26-44-51(30-33)58-52-31-34(29-43-39-16-5-10-23-50(39)59-55(44)53(43)52)32-25-27-49-42(28-32)41-18-11-17-40-38-15-4-9-22-48(38)57(49)54(40)41/h1-31H. The molecule has 2 aliphatic rings. The summed E-state index contributed by atoms with van der Waals surface area (Å²) >= 11 is 0. The Morgan fingerprint density at radius 1 is 0.373 bits per heavy atom. The van der Waals surface area contributed by atoms with E-state index in [2.05, 4.69) is 197 Å². The molecule has 0 atom stereocenters. The van der Waals surface area contributed by atoms with Gasteiger partial charge in [0.05, 0.1) is 33.3 Å². The summed E-state index contributed by atoms with van der Waals surface area (Å²) in [6, 6.07) is 68.0. The Hall–Kier alpha value is -7.76. The van der Waals surface area contributed by atoms with Crippen LogP contribution in [0, 0.1) is 0 Å². The van der Waals surface area contributed by atoms with Gasteiger partial charge in [-0.25, -0.2) is 0 Å². The van der Waals surface area contributed by atoms with Crippen molar-refractivity contribution in [1.29, 1.82) is 0 Å². The van der Waals surface area contributed by atoms with Crippen molar-refractivity contribution < 1.29 is 9.39 Å². The Balaban J connectivity index is 0.942. The number of hydrogen-bond donors (Lipinski definition) is 0. The van der Waals surface area contributed by atoms with E-state index in [4.69, 9.17) is 9.39 Å². The summed E-state index contributed by atoms with van der Waals surface area (Å²) in [6.45, 7) is -0.300. The zero-order chi connectivity index (χ0) is 38.3. The smallest absolute Gasteiger partial charge is 0.434 e. The Morgan fingerprint density at radius 3 is 1.80 bits per heavy atom. The van der Waals surface area contributed by atoms with Gasteiger partial charge in [-0.05, 0) is 82.9 Å². The molecule has 0 aliphatic carbocycles. The number of benzene rings is 9. The van der Waals surface area contributed by atoms with Gasteiger partial charge in [-0.2, -0.15) is 0 Å². The van der Waals surface area contributed by atoms with E-state index in [0.717, 1.165) is 67.2 Å². The van der Waals surface area contributed by atoms with Crippen molar-refractivity contribution in [3.05, 3.63) is 188 Å². The minimum absolute atomic E-state index is 0.300. The highest BCUT2D eigenvalue weighted by Gasteiger charge is 2.41. The second-order valence-corrected chi connectivity index (χ2v) is 16.0. The lowest BCUT2D eigenvalue weighted by Gasteiger charge is -2.33. The summed E-state index contributed by atoms with van der Waals surface area (Å²) < 4.78 is 18.8. The topological polar surface area (TPSA) is 27.8 Å². The molecule has 14 rings (SSSR count). The van der Waals surface area contributed by atoms with Gasteiger partial charge in [0.15, 0.2) is 0 Å². The minimum atomic E-state index is -0.300. The highest BCUT2D eigenvalue weighted by atomic mass is 16.5. The van der Waals surface area contributed by atoms with Crippen molar-refractivity contribution in [3.63, 3.8) is 0 Å². The van der Waals surface area contributed by atoms with E-state index >= 15 is 0 Å². The molecule has 0 spiro atoms. The number of nitrogens with zero attached hydrogens (tertiary/aromatic N) is 2. The van der Waals surface area contributed by atoms with Crippen LogP contribution in [0.2, 0.25) is 0 Å². The fourth-order valence-electron chi connectivity index (χ4n) is 10.4. The zero-order valence-corrected chi connectivity index (χ0v) is 31.7. The average molecular weight is 751 g/mol. The zero-order valence-electron chi connectivity index (χ0n) is 31.7. The molecule has 5 heterocycles. The number of ether oxygens (including phenoxy) is 1. The molecule has 9 aromatic carbocycles. The third-order valence-electron chi connectivity index (χ3n) is 12.9. The highest BCUT2D eigenvalue weighted by Crippen LogP contribution is 2.45. The first-order chi connectivity index (χ1) is 29.3. The van der Waals surface area contributed by atoms with E-state index in [1.54, 1.807) is 0 Å². The van der Waals surface area contributed by atoms with Crippen LogP contribution < -0.4 is 20.3 Å². The van der Waals surface area contributed by atoms with E-state index in [-0.39, 0.29) is 6.92 Å². The molecular formula is C54H31BN2O2. The molecule has 59 heavy (non-hydrogen) atoms. The molecule has 0 amide bonds. The van der Waals surface area contributed by atoms with Crippen LogP contribution in [0.3, 0.4) is 0 Å². The van der Waals surface area contributed by atoms with Crippen LogP contribution in [0.25, 0.3) is 99.0 Å². The molecule has 4 nitrogen and oxygen atoms in total.